The SMILES string of the molecule is Cc1ccc(NC(=O)CCSc2cc(C)c3ccccc3n2)cc1. The first kappa shape index (κ1) is 16.5. The van der Waals surface area contributed by atoms with Crippen LogP contribution >= 0.6 is 11.8 Å². The van der Waals surface area contributed by atoms with Crippen LogP contribution in [0.4, 0.5) is 5.69 Å². The van der Waals surface area contributed by atoms with Gasteiger partial charge in [-0.05, 0) is 43.7 Å². The molecule has 0 aliphatic heterocycles. The smallest absolute Gasteiger partial charge is 0.225 e. The average Bonchev–Trinajstić information content (AvgIpc) is 2.57. The van der Waals surface area contributed by atoms with Crippen molar-refractivity contribution < 1.29 is 4.79 Å². The van der Waals surface area contributed by atoms with Gasteiger partial charge >= 0.3 is 0 Å². The predicted molar refractivity (Wildman–Crippen MR) is 102 cm³/mol. The Hall–Kier alpha value is -2.33. The summed E-state index contributed by atoms with van der Waals surface area (Å²) >= 11 is 1.62. The van der Waals surface area contributed by atoms with E-state index in [1.807, 2.05) is 49.4 Å². The van der Waals surface area contributed by atoms with Crippen LogP contribution in [0.25, 0.3) is 10.9 Å². The summed E-state index contributed by atoms with van der Waals surface area (Å²) in [5.41, 5.74) is 4.24. The fraction of sp³-hybridized carbons (Fsp3) is 0.200. The van der Waals surface area contributed by atoms with Crippen LogP contribution in [0.3, 0.4) is 0 Å². The summed E-state index contributed by atoms with van der Waals surface area (Å²) in [6.45, 7) is 4.12. The van der Waals surface area contributed by atoms with Gasteiger partial charge < -0.3 is 5.32 Å². The number of para-hydroxylation sites is 1. The fourth-order valence-corrected chi connectivity index (χ4v) is 3.42. The van der Waals surface area contributed by atoms with E-state index in [1.165, 1.54) is 16.5 Å². The van der Waals surface area contributed by atoms with E-state index >= 15 is 0 Å². The monoisotopic (exact) mass is 336 g/mol. The van der Waals surface area contributed by atoms with Gasteiger partial charge in [-0.2, -0.15) is 0 Å². The molecule has 3 aromatic rings. The molecule has 0 spiro atoms. The molecule has 1 amide bonds. The van der Waals surface area contributed by atoms with Crippen LogP contribution in [0.2, 0.25) is 0 Å². The van der Waals surface area contributed by atoms with Crippen LogP contribution in [0.5, 0.6) is 0 Å². The predicted octanol–water partition coefficient (Wildman–Crippen LogP) is 4.97. The Bertz CT molecular complexity index is 859. The van der Waals surface area contributed by atoms with E-state index in [4.69, 9.17) is 0 Å². The molecule has 0 fully saturated rings. The van der Waals surface area contributed by atoms with E-state index < -0.39 is 0 Å². The van der Waals surface area contributed by atoms with Crippen molar-refractivity contribution in [2.75, 3.05) is 11.1 Å². The van der Waals surface area contributed by atoms with Gasteiger partial charge in [-0.25, -0.2) is 4.98 Å². The highest BCUT2D eigenvalue weighted by molar-refractivity contribution is 7.99. The number of aromatic nitrogens is 1. The van der Waals surface area contributed by atoms with Gasteiger partial charge in [0.05, 0.1) is 10.5 Å². The van der Waals surface area contributed by atoms with Crippen molar-refractivity contribution in [1.82, 2.24) is 4.98 Å². The summed E-state index contributed by atoms with van der Waals surface area (Å²) < 4.78 is 0. The molecule has 0 unspecified atom stereocenters. The fourth-order valence-electron chi connectivity index (χ4n) is 2.50. The molecule has 0 bridgehead atoms. The van der Waals surface area contributed by atoms with E-state index in [0.29, 0.717) is 12.2 Å². The van der Waals surface area contributed by atoms with Crippen molar-refractivity contribution in [2.24, 2.45) is 0 Å². The number of benzene rings is 2. The number of hydrogen-bond donors (Lipinski definition) is 1. The largest absolute Gasteiger partial charge is 0.326 e. The zero-order valence-electron chi connectivity index (χ0n) is 13.9. The molecule has 0 saturated carbocycles. The molecule has 1 heterocycles. The summed E-state index contributed by atoms with van der Waals surface area (Å²) in [4.78, 5) is 16.7. The lowest BCUT2D eigenvalue weighted by atomic mass is 10.1. The molecule has 122 valence electrons. The molecule has 1 aromatic heterocycles. The number of aryl methyl sites for hydroxylation is 2. The number of nitrogens with zero attached hydrogens (tertiary/aromatic N) is 1. The molecule has 3 rings (SSSR count). The third kappa shape index (κ3) is 4.15. The van der Waals surface area contributed by atoms with Crippen molar-refractivity contribution in [3.8, 4) is 0 Å². The van der Waals surface area contributed by atoms with E-state index in [-0.39, 0.29) is 5.91 Å². The molecule has 0 aliphatic rings. The third-order valence-corrected chi connectivity index (χ3v) is 4.73. The van der Waals surface area contributed by atoms with Gasteiger partial charge in [-0.1, -0.05) is 35.9 Å². The van der Waals surface area contributed by atoms with Crippen molar-refractivity contribution in [2.45, 2.75) is 25.3 Å². The van der Waals surface area contributed by atoms with E-state index in [2.05, 4.69) is 29.4 Å². The van der Waals surface area contributed by atoms with Gasteiger partial charge in [0.15, 0.2) is 0 Å². The summed E-state index contributed by atoms with van der Waals surface area (Å²) in [5, 5.41) is 5.07. The number of carbonyl (C=O) groups is 1. The second kappa shape index (κ2) is 7.49. The first-order valence-electron chi connectivity index (χ1n) is 7.97. The molecular weight excluding hydrogens is 316 g/mol. The Morgan fingerprint density at radius 1 is 1.08 bits per heavy atom. The number of amides is 1. The Labute approximate surface area is 146 Å². The number of anilines is 1. The minimum absolute atomic E-state index is 0.0314. The van der Waals surface area contributed by atoms with Gasteiger partial charge in [0.1, 0.15) is 0 Å². The zero-order chi connectivity index (χ0) is 16.9. The molecule has 0 aliphatic carbocycles. The first-order valence-corrected chi connectivity index (χ1v) is 8.96. The van der Waals surface area contributed by atoms with E-state index in [0.717, 1.165) is 16.2 Å². The molecule has 0 saturated heterocycles. The second-order valence-electron chi connectivity index (χ2n) is 5.81. The van der Waals surface area contributed by atoms with E-state index in [9.17, 15) is 4.79 Å². The summed E-state index contributed by atoms with van der Waals surface area (Å²) in [5.74, 6) is 0.742. The van der Waals surface area contributed by atoms with Gasteiger partial charge in [-0.3, -0.25) is 4.79 Å². The average molecular weight is 336 g/mol. The molecule has 4 heteroatoms. The summed E-state index contributed by atoms with van der Waals surface area (Å²) in [6.07, 6.45) is 0.464. The van der Waals surface area contributed by atoms with Crippen LogP contribution < -0.4 is 5.32 Å². The number of carbonyl (C=O) groups excluding carboxylic acids is 1. The molecule has 0 radical (unpaired) electrons. The number of thioether (sulfide) groups is 1. The molecule has 2 aromatic carbocycles. The maximum atomic E-state index is 12.0. The van der Waals surface area contributed by atoms with Crippen LogP contribution in [-0.4, -0.2) is 16.6 Å². The Morgan fingerprint density at radius 3 is 2.62 bits per heavy atom. The Balaban J connectivity index is 1.56. The van der Waals surface area contributed by atoms with Crippen molar-refractivity contribution in [3.63, 3.8) is 0 Å². The molecular formula is C20H20N2OS. The number of fused-ring (bicyclic) bond motifs is 1. The number of nitrogens with one attached hydrogen (secondary N) is 1. The third-order valence-electron chi connectivity index (χ3n) is 3.81. The molecule has 24 heavy (non-hydrogen) atoms. The van der Waals surface area contributed by atoms with Crippen LogP contribution in [0, 0.1) is 13.8 Å². The first-order chi connectivity index (χ1) is 11.6. The summed E-state index contributed by atoms with van der Waals surface area (Å²) in [7, 11) is 0. The quantitative estimate of drug-likeness (QED) is 0.669. The van der Waals surface area contributed by atoms with Gasteiger partial charge in [0.2, 0.25) is 5.91 Å². The molecule has 0 atom stereocenters. The highest BCUT2D eigenvalue weighted by Gasteiger charge is 2.06. The second-order valence-corrected chi connectivity index (χ2v) is 6.92. The standard InChI is InChI=1S/C20H20N2OS/c1-14-7-9-16(10-8-14)21-19(23)11-12-24-20-13-15(2)17-5-3-4-6-18(17)22-20/h3-10,13H,11-12H2,1-2H3,(H,21,23). The number of pyridine rings is 1. The molecule has 3 nitrogen and oxygen atoms in total. The van der Waals surface area contributed by atoms with Gasteiger partial charge in [0.25, 0.3) is 0 Å². The molecule has 1 N–H and O–H groups in total. The highest BCUT2D eigenvalue weighted by atomic mass is 32.2. The topological polar surface area (TPSA) is 42.0 Å². The number of hydrogen-bond acceptors (Lipinski definition) is 3. The lowest BCUT2D eigenvalue weighted by Gasteiger charge is -2.07. The van der Waals surface area contributed by atoms with Gasteiger partial charge in [-0.15, -0.1) is 11.8 Å². The van der Waals surface area contributed by atoms with E-state index in [1.54, 1.807) is 11.8 Å². The maximum absolute atomic E-state index is 12.0. The lowest BCUT2D eigenvalue weighted by Crippen LogP contribution is -2.12. The summed E-state index contributed by atoms with van der Waals surface area (Å²) in [6, 6.07) is 18.1. The van der Waals surface area contributed by atoms with Crippen molar-refractivity contribution in [3.05, 3.63) is 65.7 Å². The van der Waals surface area contributed by atoms with Crippen LogP contribution in [-0.2, 0) is 4.79 Å². The maximum Gasteiger partial charge on any atom is 0.225 e. The van der Waals surface area contributed by atoms with Crippen molar-refractivity contribution in [1.29, 1.82) is 0 Å². The van der Waals surface area contributed by atoms with Crippen LogP contribution in [0.1, 0.15) is 17.5 Å². The lowest BCUT2D eigenvalue weighted by molar-refractivity contribution is -0.115. The highest BCUT2D eigenvalue weighted by Crippen LogP contribution is 2.24. The Kier molecular flexibility index (Phi) is 5.16. The minimum Gasteiger partial charge on any atom is -0.326 e. The van der Waals surface area contributed by atoms with Gasteiger partial charge in [0, 0.05) is 23.2 Å². The zero-order valence-corrected chi connectivity index (χ0v) is 14.7. The Morgan fingerprint density at radius 2 is 1.83 bits per heavy atom. The van der Waals surface area contributed by atoms with Crippen molar-refractivity contribution >= 4 is 34.3 Å². The minimum atomic E-state index is 0.0314. The number of rotatable bonds is 5. The normalized spacial score (nSPS) is 10.8. The van der Waals surface area contributed by atoms with Crippen LogP contribution in [0.15, 0.2) is 59.6 Å².